The maximum Gasteiger partial charge on any atom is 0.170 e. The molecule has 31 heavy (non-hydrogen) atoms. The first kappa shape index (κ1) is 20.5. The molecule has 6 rings (SSSR count). The molecule has 4 aliphatic rings. The first-order valence-corrected chi connectivity index (χ1v) is 11.0. The van der Waals surface area contributed by atoms with E-state index in [1.165, 1.54) is 12.1 Å². The number of anilines is 2. The highest BCUT2D eigenvalue weighted by atomic mass is 35.5. The molecule has 0 spiro atoms. The average molecular weight is 446 g/mol. The van der Waals surface area contributed by atoms with Crippen LogP contribution in [0.5, 0.6) is 5.75 Å². The molecular formula is C23H25ClFN3O3. The average Bonchev–Trinajstić information content (AvgIpc) is 2.73. The fourth-order valence-corrected chi connectivity index (χ4v) is 5.37. The number of ether oxygens (including phenoxy) is 2. The van der Waals surface area contributed by atoms with E-state index in [0.29, 0.717) is 12.2 Å². The molecule has 4 fully saturated rings. The van der Waals surface area contributed by atoms with E-state index in [1.54, 1.807) is 6.07 Å². The molecule has 1 aromatic heterocycles. The van der Waals surface area contributed by atoms with Crippen molar-refractivity contribution in [2.45, 2.75) is 31.2 Å². The van der Waals surface area contributed by atoms with Crippen LogP contribution in [-0.2, 0) is 9.53 Å². The Morgan fingerprint density at radius 1 is 1.23 bits per heavy atom. The molecule has 164 valence electrons. The number of aromatic nitrogens is 1. The lowest BCUT2D eigenvalue weighted by atomic mass is 9.38. The minimum Gasteiger partial charge on any atom is -0.486 e. The van der Waals surface area contributed by atoms with Gasteiger partial charge in [0.25, 0.3) is 0 Å². The molecule has 0 atom stereocenters. The third-order valence-electron chi connectivity index (χ3n) is 6.47. The van der Waals surface area contributed by atoms with Gasteiger partial charge in [-0.2, -0.15) is 0 Å². The van der Waals surface area contributed by atoms with E-state index in [-0.39, 0.29) is 28.4 Å². The third-order valence-corrected chi connectivity index (χ3v) is 6.77. The highest BCUT2D eigenvalue weighted by molar-refractivity contribution is 6.30. The van der Waals surface area contributed by atoms with Crippen molar-refractivity contribution in [3.63, 3.8) is 0 Å². The standard InChI is InChI=1S/C23H25ClFN3O3/c24-18-5-4-17(10-19(18)25)31-12-16(29)11-22-13-23(14-22,15-22)27-20-2-1-3-21(26-20)28-6-8-30-9-7-28/h1-5,10H,6-9,11-15H2,(H,26,27). The predicted octanol–water partition coefficient (Wildman–Crippen LogP) is 4.08. The highest BCUT2D eigenvalue weighted by Crippen LogP contribution is 2.70. The largest absolute Gasteiger partial charge is 0.486 e. The van der Waals surface area contributed by atoms with Crippen molar-refractivity contribution >= 4 is 29.0 Å². The number of Topliss-reactive ketones (excluding diaryl/α,β-unsaturated/α-hetero) is 1. The summed E-state index contributed by atoms with van der Waals surface area (Å²) < 4.78 is 24.3. The van der Waals surface area contributed by atoms with E-state index in [1.807, 2.05) is 18.2 Å². The van der Waals surface area contributed by atoms with E-state index >= 15 is 0 Å². The summed E-state index contributed by atoms with van der Waals surface area (Å²) in [7, 11) is 0. The van der Waals surface area contributed by atoms with Gasteiger partial charge in [-0.3, -0.25) is 4.79 Å². The van der Waals surface area contributed by atoms with Crippen LogP contribution in [0.25, 0.3) is 0 Å². The monoisotopic (exact) mass is 445 g/mol. The van der Waals surface area contributed by atoms with Gasteiger partial charge in [0.2, 0.25) is 0 Å². The summed E-state index contributed by atoms with van der Waals surface area (Å²) in [4.78, 5) is 19.4. The van der Waals surface area contributed by atoms with Gasteiger partial charge in [-0.1, -0.05) is 17.7 Å². The summed E-state index contributed by atoms with van der Waals surface area (Å²) in [5.41, 5.74) is 0.123. The molecule has 3 saturated carbocycles. The summed E-state index contributed by atoms with van der Waals surface area (Å²) in [5.74, 6) is 1.66. The minimum atomic E-state index is -0.551. The Balaban J connectivity index is 1.10. The summed E-state index contributed by atoms with van der Waals surface area (Å²) in [6.07, 6.45) is 3.38. The van der Waals surface area contributed by atoms with Crippen LogP contribution in [0, 0.1) is 11.2 Å². The maximum absolute atomic E-state index is 13.5. The summed E-state index contributed by atoms with van der Waals surface area (Å²) >= 11 is 5.67. The fraction of sp³-hybridized carbons (Fsp3) is 0.478. The number of hydrogen-bond acceptors (Lipinski definition) is 6. The predicted molar refractivity (Wildman–Crippen MR) is 116 cm³/mol. The van der Waals surface area contributed by atoms with Crippen molar-refractivity contribution in [1.82, 2.24) is 4.98 Å². The highest BCUT2D eigenvalue weighted by Gasteiger charge is 2.68. The normalized spacial score (nSPS) is 26.6. The van der Waals surface area contributed by atoms with E-state index in [9.17, 15) is 9.18 Å². The summed E-state index contributed by atoms with van der Waals surface area (Å²) in [5, 5.41) is 3.64. The SMILES string of the molecule is O=C(COc1ccc(Cl)c(F)c1)CC12CC(Nc3cccc(N4CCOCC4)n3)(C1)C2. The van der Waals surface area contributed by atoms with Gasteiger partial charge in [0.1, 0.15) is 29.8 Å². The van der Waals surface area contributed by atoms with Crippen molar-refractivity contribution in [2.24, 2.45) is 5.41 Å². The zero-order valence-electron chi connectivity index (χ0n) is 17.2. The van der Waals surface area contributed by atoms with Crippen molar-refractivity contribution in [1.29, 1.82) is 0 Å². The Kier molecular flexibility index (Phi) is 5.26. The molecule has 0 amide bonds. The fourth-order valence-electron chi connectivity index (χ4n) is 5.25. The van der Waals surface area contributed by atoms with Crippen LogP contribution in [0.3, 0.4) is 0 Å². The lowest BCUT2D eigenvalue weighted by molar-refractivity contribution is -0.147. The zero-order valence-corrected chi connectivity index (χ0v) is 18.0. The smallest absolute Gasteiger partial charge is 0.170 e. The number of nitrogens with zero attached hydrogens (tertiary/aromatic N) is 2. The molecule has 2 aromatic rings. The van der Waals surface area contributed by atoms with E-state index < -0.39 is 5.82 Å². The van der Waals surface area contributed by atoms with Gasteiger partial charge in [-0.05, 0) is 48.9 Å². The van der Waals surface area contributed by atoms with Crippen LogP contribution in [0.2, 0.25) is 5.02 Å². The second-order valence-corrected chi connectivity index (χ2v) is 9.40. The van der Waals surface area contributed by atoms with Crippen LogP contribution in [-0.4, -0.2) is 49.2 Å². The second-order valence-electron chi connectivity index (χ2n) is 9.00. The number of ketones is 1. The summed E-state index contributed by atoms with van der Waals surface area (Å²) in [6, 6.07) is 10.3. The number of pyridine rings is 1. The lowest BCUT2D eigenvalue weighted by Crippen LogP contribution is -2.71. The van der Waals surface area contributed by atoms with Crippen LogP contribution < -0.4 is 15.0 Å². The third kappa shape index (κ3) is 4.21. The van der Waals surface area contributed by atoms with Crippen LogP contribution in [0.15, 0.2) is 36.4 Å². The molecule has 1 saturated heterocycles. The van der Waals surface area contributed by atoms with Gasteiger partial charge in [0.05, 0.1) is 18.2 Å². The minimum absolute atomic E-state index is 0.0373. The van der Waals surface area contributed by atoms with Crippen LogP contribution >= 0.6 is 11.6 Å². The first-order valence-electron chi connectivity index (χ1n) is 10.6. The van der Waals surface area contributed by atoms with Gasteiger partial charge >= 0.3 is 0 Å². The number of halogens is 2. The number of benzene rings is 1. The maximum atomic E-state index is 13.5. The number of nitrogens with one attached hydrogen (secondary N) is 1. The molecule has 3 aliphatic carbocycles. The molecule has 1 aliphatic heterocycles. The number of rotatable bonds is 8. The first-order chi connectivity index (χ1) is 14.9. The molecule has 2 heterocycles. The lowest BCUT2D eigenvalue weighted by Gasteiger charge is -2.71. The zero-order chi connectivity index (χ0) is 21.5. The molecule has 6 nitrogen and oxygen atoms in total. The number of carbonyl (C=O) groups excluding carboxylic acids is 1. The van der Waals surface area contributed by atoms with Crippen molar-refractivity contribution < 1.29 is 18.7 Å². The molecule has 2 bridgehead atoms. The molecule has 8 heteroatoms. The van der Waals surface area contributed by atoms with Gasteiger partial charge in [0, 0.05) is 31.1 Å². The molecule has 0 unspecified atom stereocenters. The molecule has 0 radical (unpaired) electrons. The van der Waals surface area contributed by atoms with Gasteiger partial charge in [0.15, 0.2) is 5.78 Å². The van der Waals surface area contributed by atoms with E-state index in [2.05, 4.69) is 10.2 Å². The van der Waals surface area contributed by atoms with E-state index in [0.717, 1.165) is 57.2 Å². The van der Waals surface area contributed by atoms with E-state index in [4.69, 9.17) is 26.1 Å². The number of hydrogen-bond donors (Lipinski definition) is 1. The van der Waals surface area contributed by atoms with Gasteiger partial charge < -0.3 is 19.7 Å². The number of carbonyl (C=O) groups is 1. The molecule has 1 N–H and O–H groups in total. The molecule has 1 aromatic carbocycles. The topological polar surface area (TPSA) is 63.7 Å². The van der Waals surface area contributed by atoms with Crippen molar-refractivity contribution in [3.8, 4) is 5.75 Å². The second kappa shape index (κ2) is 7.95. The quantitative estimate of drug-likeness (QED) is 0.660. The van der Waals surface area contributed by atoms with Crippen molar-refractivity contribution in [2.75, 3.05) is 43.1 Å². The van der Waals surface area contributed by atoms with Crippen molar-refractivity contribution in [3.05, 3.63) is 47.2 Å². The Morgan fingerprint density at radius 2 is 2.00 bits per heavy atom. The Hall–Kier alpha value is -2.38. The Morgan fingerprint density at radius 3 is 2.74 bits per heavy atom. The summed E-state index contributed by atoms with van der Waals surface area (Å²) in [6.45, 7) is 3.13. The molecular weight excluding hydrogens is 421 g/mol. The number of morpholine rings is 1. The Bertz CT molecular complexity index is 976. The van der Waals surface area contributed by atoms with Gasteiger partial charge in [-0.15, -0.1) is 0 Å². The Labute approximate surface area is 185 Å². The van der Waals surface area contributed by atoms with Crippen LogP contribution in [0.1, 0.15) is 25.7 Å². The van der Waals surface area contributed by atoms with Crippen LogP contribution in [0.4, 0.5) is 16.0 Å². The van der Waals surface area contributed by atoms with Gasteiger partial charge in [-0.25, -0.2) is 9.37 Å².